The van der Waals surface area contributed by atoms with E-state index in [0.29, 0.717) is 6.54 Å². The molecule has 2 aromatic heterocycles. The van der Waals surface area contributed by atoms with E-state index in [1.54, 1.807) is 19.5 Å². The number of hydrogen-bond acceptors (Lipinski definition) is 4. The summed E-state index contributed by atoms with van der Waals surface area (Å²) in [6, 6.07) is 14.7. The van der Waals surface area contributed by atoms with Gasteiger partial charge in [0, 0.05) is 32.5 Å². The van der Waals surface area contributed by atoms with E-state index in [1.165, 1.54) is 24.0 Å². The molecule has 0 aliphatic carbocycles. The van der Waals surface area contributed by atoms with Gasteiger partial charge in [-0.25, -0.2) is 0 Å². The van der Waals surface area contributed by atoms with Crippen LogP contribution in [-0.4, -0.2) is 47.3 Å². The average Bonchev–Trinajstić information content (AvgIpc) is 3.55. The minimum atomic E-state index is 0.221. The number of nitrogens with one attached hydrogen (secondary N) is 2. The Morgan fingerprint density at radius 3 is 2.73 bits per heavy atom. The number of benzene rings is 1. The molecule has 0 radical (unpaired) electrons. The predicted molar refractivity (Wildman–Crippen MR) is 118 cm³/mol. The summed E-state index contributed by atoms with van der Waals surface area (Å²) in [4.78, 5) is 6.88. The first kappa shape index (κ1) is 20.2. The Kier molecular flexibility index (Phi) is 6.82. The van der Waals surface area contributed by atoms with Crippen molar-refractivity contribution >= 4 is 5.96 Å². The Morgan fingerprint density at radius 2 is 2.00 bits per heavy atom. The van der Waals surface area contributed by atoms with E-state index in [9.17, 15) is 0 Å². The molecule has 1 aromatic carbocycles. The second-order valence-corrected chi connectivity index (χ2v) is 7.60. The molecular formula is C23H30N6O. The summed E-state index contributed by atoms with van der Waals surface area (Å²) in [7, 11) is 1.81. The molecule has 1 unspecified atom stereocenters. The summed E-state index contributed by atoms with van der Waals surface area (Å²) in [6.45, 7) is 4.47. The van der Waals surface area contributed by atoms with E-state index < -0.39 is 0 Å². The van der Waals surface area contributed by atoms with Gasteiger partial charge in [-0.05, 0) is 55.3 Å². The van der Waals surface area contributed by atoms with Gasteiger partial charge >= 0.3 is 0 Å². The molecule has 1 saturated heterocycles. The number of rotatable bonds is 8. The van der Waals surface area contributed by atoms with Crippen LogP contribution in [0.5, 0.6) is 0 Å². The highest BCUT2D eigenvalue weighted by Crippen LogP contribution is 2.24. The molecule has 1 fully saturated rings. The summed E-state index contributed by atoms with van der Waals surface area (Å²) in [5.74, 6) is 1.80. The van der Waals surface area contributed by atoms with Crippen LogP contribution in [-0.2, 0) is 13.1 Å². The first-order valence-corrected chi connectivity index (χ1v) is 10.6. The van der Waals surface area contributed by atoms with Crippen molar-refractivity contribution in [3.8, 4) is 0 Å². The third kappa shape index (κ3) is 5.30. The lowest BCUT2D eigenvalue weighted by atomic mass is 10.1. The van der Waals surface area contributed by atoms with Gasteiger partial charge in [0.05, 0.1) is 18.8 Å². The topological polar surface area (TPSA) is 70.6 Å². The maximum Gasteiger partial charge on any atom is 0.191 e. The van der Waals surface area contributed by atoms with Gasteiger partial charge in [-0.1, -0.05) is 24.3 Å². The van der Waals surface area contributed by atoms with Gasteiger partial charge in [0.15, 0.2) is 5.96 Å². The molecule has 30 heavy (non-hydrogen) atoms. The van der Waals surface area contributed by atoms with Crippen LogP contribution in [0.15, 0.2) is 70.5 Å². The smallest absolute Gasteiger partial charge is 0.191 e. The summed E-state index contributed by atoms with van der Waals surface area (Å²) in [6.07, 6.45) is 8.03. The van der Waals surface area contributed by atoms with Gasteiger partial charge in [-0.15, -0.1) is 0 Å². The van der Waals surface area contributed by atoms with Crippen LogP contribution in [0.2, 0.25) is 0 Å². The zero-order valence-electron chi connectivity index (χ0n) is 17.5. The molecule has 1 atom stereocenters. The number of aliphatic imine (C=N–C) groups is 1. The Hall–Kier alpha value is -3.06. The maximum absolute atomic E-state index is 5.71. The Balaban J connectivity index is 1.32. The normalized spacial score (nSPS) is 16.0. The number of nitrogens with zero attached hydrogens (tertiary/aromatic N) is 4. The number of likely N-dealkylation sites (tertiary alicyclic amines) is 1. The minimum Gasteiger partial charge on any atom is -0.468 e. The lowest BCUT2D eigenvalue weighted by molar-refractivity contribution is 0.215. The zero-order chi connectivity index (χ0) is 20.6. The quantitative estimate of drug-likeness (QED) is 0.445. The highest BCUT2D eigenvalue weighted by atomic mass is 16.3. The molecule has 158 valence electrons. The van der Waals surface area contributed by atoms with E-state index in [4.69, 9.17) is 4.42 Å². The Labute approximate surface area is 177 Å². The second kappa shape index (κ2) is 10.1. The van der Waals surface area contributed by atoms with Gasteiger partial charge in [-0.2, -0.15) is 5.10 Å². The highest BCUT2D eigenvalue weighted by Gasteiger charge is 2.25. The molecule has 0 spiro atoms. The molecule has 4 rings (SSSR count). The van der Waals surface area contributed by atoms with E-state index in [1.807, 2.05) is 23.0 Å². The first-order chi connectivity index (χ1) is 14.8. The summed E-state index contributed by atoms with van der Waals surface area (Å²) >= 11 is 0. The maximum atomic E-state index is 5.71. The van der Waals surface area contributed by atoms with Crippen LogP contribution in [0.25, 0.3) is 0 Å². The molecule has 7 heteroatoms. The second-order valence-electron chi connectivity index (χ2n) is 7.60. The predicted octanol–water partition coefficient (Wildman–Crippen LogP) is 3.03. The highest BCUT2D eigenvalue weighted by molar-refractivity contribution is 5.79. The van der Waals surface area contributed by atoms with Crippen molar-refractivity contribution in [1.82, 2.24) is 25.3 Å². The average molecular weight is 407 g/mol. The molecule has 1 aliphatic heterocycles. The van der Waals surface area contributed by atoms with Crippen molar-refractivity contribution in [2.45, 2.75) is 32.0 Å². The van der Waals surface area contributed by atoms with Gasteiger partial charge in [0.2, 0.25) is 0 Å². The van der Waals surface area contributed by atoms with Crippen molar-refractivity contribution in [3.63, 3.8) is 0 Å². The minimum absolute atomic E-state index is 0.221. The fraction of sp³-hybridized carbons (Fsp3) is 0.391. The van der Waals surface area contributed by atoms with Gasteiger partial charge in [-0.3, -0.25) is 14.6 Å². The van der Waals surface area contributed by atoms with Crippen molar-refractivity contribution < 1.29 is 4.42 Å². The van der Waals surface area contributed by atoms with E-state index in [-0.39, 0.29) is 6.04 Å². The van der Waals surface area contributed by atoms with E-state index in [2.05, 4.69) is 56.0 Å². The number of aromatic nitrogens is 2. The molecule has 0 bridgehead atoms. The van der Waals surface area contributed by atoms with E-state index in [0.717, 1.165) is 37.9 Å². The summed E-state index contributed by atoms with van der Waals surface area (Å²) in [5.41, 5.74) is 2.44. The van der Waals surface area contributed by atoms with Crippen molar-refractivity contribution in [2.24, 2.45) is 4.99 Å². The van der Waals surface area contributed by atoms with Crippen molar-refractivity contribution in [2.75, 3.05) is 26.7 Å². The van der Waals surface area contributed by atoms with Crippen molar-refractivity contribution in [3.05, 3.63) is 78.0 Å². The van der Waals surface area contributed by atoms with E-state index >= 15 is 0 Å². The third-order valence-corrected chi connectivity index (χ3v) is 5.49. The summed E-state index contributed by atoms with van der Waals surface area (Å²) < 4.78 is 7.64. The fourth-order valence-corrected chi connectivity index (χ4v) is 3.96. The molecule has 3 heterocycles. The fourth-order valence-electron chi connectivity index (χ4n) is 3.96. The largest absolute Gasteiger partial charge is 0.468 e. The van der Waals surface area contributed by atoms with Crippen LogP contribution in [0, 0.1) is 0 Å². The molecule has 3 aromatic rings. The van der Waals surface area contributed by atoms with Gasteiger partial charge in [0.1, 0.15) is 5.76 Å². The van der Waals surface area contributed by atoms with Crippen LogP contribution < -0.4 is 10.6 Å². The third-order valence-electron chi connectivity index (χ3n) is 5.49. The van der Waals surface area contributed by atoms with Crippen molar-refractivity contribution in [1.29, 1.82) is 0 Å². The van der Waals surface area contributed by atoms with Crippen LogP contribution in [0.3, 0.4) is 0 Å². The molecule has 2 N–H and O–H groups in total. The first-order valence-electron chi connectivity index (χ1n) is 10.6. The standard InChI is InChI=1S/C23H30N6O/c1-24-23(26-17-21(22-9-5-14-30-22)28-11-2-3-12-28)25-16-19-7-4-8-20(15-19)18-29-13-6-10-27-29/h4-10,13-15,21H,2-3,11-12,16-18H2,1H3,(H2,24,25,26). The molecule has 0 saturated carbocycles. The molecule has 1 aliphatic rings. The summed E-state index contributed by atoms with van der Waals surface area (Å²) in [5, 5.41) is 11.2. The number of furan rings is 1. The van der Waals surface area contributed by atoms with Crippen LogP contribution in [0.4, 0.5) is 0 Å². The Morgan fingerprint density at radius 1 is 1.13 bits per heavy atom. The SMILES string of the molecule is CN=C(NCc1cccc(Cn2cccn2)c1)NCC(c1ccco1)N1CCCC1. The lowest BCUT2D eigenvalue weighted by Gasteiger charge is -2.26. The Bertz CT molecular complexity index is 913. The van der Waals surface area contributed by atoms with Crippen LogP contribution >= 0.6 is 0 Å². The molecular weight excluding hydrogens is 376 g/mol. The number of hydrogen-bond donors (Lipinski definition) is 2. The zero-order valence-corrected chi connectivity index (χ0v) is 17.5. The number of guanidine groups is 1. The van der Waals surface area contributed by atoms with Crippen LogP contribution in [0.1, 0.15) is 35.8 Å². The van der Waals surface area contributed by atoms with Gasteiger partial charge < -0.3 is 15.1 Å². The molecule has 7 nitrogen and oxygen atoms in total. The van der Waals surface area contributed by atoms with Gasteiger partial charge in [0.25, 0.3) is 0 Å². The monoisotopic (exact) mass is 406 g/mol. The lowest BCUT2D eigenvalue weighted by Crippen LogP contribution is -2.42. The molecule has 0 amide bonds.